The van der Waals surface area contributed by atoms with Crippen molar-refractivity contribution >= 4 is 22.0 Å². The number of sulfone groups is 1. The zero-order chi connectivity index (χ0) is 34.2. The van der Waals surface area contributed by atoms with Gasteiger partial charge in [0.15, 0.2) is 9.84 Å². The molecule has 2 aliphatic carbocycles. The SMILES string of the molecule is COC1=CC(/C=C/c2ccccc2O)(OC)C=C(OC)C1CS(=O)(=O)CC1C(OC)=CC(/C=C/c2ccccc2O)(OC)C=C1OC. The molecule has 0 heterocycles. The van der Waals surface area contributed by atoms with Crippen molar-refractivity contribution in [1.29, 1.82) is 0 Å². The first kappa shape index (κ1) is 35.4. The van der Waals surface area contributed by atoms with E-state index in [1.807, 2.05) is 0 Å². The molecule has 11 heteroatoms. The second-order valence-electron chi connectivity index (χ2n) is 11.1. The highest BCUT2D eigenvalue weighted by atomic mass is 32.2. The molecule has 252 valence electrons. The average Bonchev–Trinajstić information content (AvgIpc) is 3.08. The summed E-state index contributed by atoms with van der Waals surface area (Å²) in [7, 11) is 5.04. The van der Waals surface area contributed by atoms with Crippen LogP contribution in [-0.4, -0.2) is 84.0 Å². The van der Waals surface area contributed by atoms with Gasteiger partial charge in [-0.3, -0.25) is 0 Å². The van der Waals surface area contributed by atoms with E-state index in [1.165, 1.54) is 42.7 Å². The highest BCUT2D eigenvalue weighted by Crippen LogP contribution is 2.39. The Kier molecular flexibility index (Phi) is 11.3. The van der Waals surface area contributed by atoms with Gasteiger partial charge in [-0.2, -0.15) is 0 Å². The van der Waals surface area contributed by atoms with E-state index in [-0.39, 0.29) is 23.0 Å². The summed E-state index contributed by atoms with van der Waals surface area (Å²) < 4.78 is 62.3. The van der Waals surface area contributed by atoms with Crippen LogP contribution < -0.4 is 0 Å². The van der Waals surface area contributed by atoms with Crippen LogP contribution in [0.15, 0.2) is 108 Å². The van der Waals surface area contributed by atoms with Gasteiger partial charge in [-0.05, 0) is 48.6 Å². The normalized spacial score (nSPS) is 24.7. The third kappa shape index (κ3) is 8.10. The van der Waals surface area contributed by atoms with Gasteiger partial charge in [0, 0.05) is 25.3 Å². The first-order valence-corrected chi connectivity index (χ1v) is 16.6. The van der Waals surface area contributed by atoms with Gasteiger partial charge in [0.25, 0.3) is 0 Å². The predicted octanol–water partition coefficient (Wildman–Crippen LogP) is 5.39. The summed E-state index contributed by atoms with van der Waals surface area (Å²) >= 11 is 0. The molecule has 2 aromatic rings. The van der Waals surface area contributed by atoms with Crippen molar-refractivity contribution in [2.24, 2.45) is 11.8 Å². The number of para-hydroxylation sites is 2. The predicted molar refractivity (Wildman–Crippen MR) is 180 cm³/mol. The molecule has 0 unspecified atom stereocenters. The number of phenolic OH excluding ortho intramolecular Hbond substituents is 2. The first-order chi connectivity index (χ1) is 22.5. The minimum absolute atomic E-state index is 0.104. The van der Waals surface area contributed by atoms with Crippen molar-refractivity contribution in [3.63, 3.8) is 0 Å². The number of methoxy groups -OCH3 is 6. The van der Waals surface area contributed by atoms with Crippen LogP contribution in [0.1, 0.15) is 11.1 Å². The summed E-state index contributed by atoms with van der Waals surface area (Å²) in [6, 6.07) is 13.7. The smallest absolute Gasteiger partial charge is 0.152 e. The van der Waals surface area contributed by atoms with Crippen molar-refractivity contribution in [3.05, 3.63) is 119 Å². The van der Waals surface area contributed by atoms with Gasteiger partial charge in [0.05, 0.1) is 51.8 Å². The van der Waals surface area contributed by atoms with Crippen LogP contribution in [0.5, 0.6) is 11.5 Å². The lowest BCUT2D eigenvalue weighted by molar-refractivity contribution is 0.0914. The molecular formula is C36H42O10S. The maximum atomic E-state index is 13.9. The minimum Gasteiger partial charge on any atom is -0.507 e. The summed E-state index contributed by atoms with van der Waals surface area (Å²) in [6.07, 6.45) is 13.6. The van der Waals surface area contributed by atoms with Gasteiger partial charge in [-0.1, -0.05) is 48.6 Å². The molecule has 4 rings (SSSR count). The van der Waals surface area contributed by atoms with Crippen LogP contribution in [0.3, 0.4) is 0 Å². The summed E-state index contributed by atoms with van der Waals surface area (Å²) in [6.45, 7) is 0. The topological polar surface area (TPSA) is 130 Å². The van der Waals surface area contributed by atoms with Crippen LogP contribution in [-0.2, 0) is 38.3 Å². The van der Waals surface area contributed by atoms with E-state index in [9.17, 15) is 18.6 Å². The van der Waals surface area contributed by atoms with Crippen LogP contribution in [0.25, 0.3) is 12.2 Å². The number of phenols is 2. The lowest BCUT2D eigenvalue weighted by atomic mass is 9.88. The molecule has 2 N–H and O–H groups in total. The summed E-state index contributed by atoms with van der Waals surface area (Å²) in [5.41, 5.74) is -1.10. The fourth-order valence-corrected chi connectivity index (χ4v) is 7.43. The second kappa shape index (κ2) is 15.0. The highest BCUT2D eigenvalue weighted by Gasteiger charge is 2.41. The fraction of sp³-hybridized carbons (Fsp3) is 0.333. The Labute approximate surface area is 276 Å². The van der Waals surface area contributed by atoms with Crippen LogP contribution in [0.2, 0.25) is 0 Å². The standard InChI is InChI=1S/C36H42O10S/c1-41-31-19-35(45-5,17-15-25-11-7-9-13-29(25)37)20-32(42-2)27(31)23-47(39,40)24-28-33(43-3)21-36(46-6,22-34(28)44-4)18-16-26-12-8-10-14-30(26)38/h7-22,27-28,37-38H,23-24H2,1-6H3/b17-15+,18-16+. The Bertz CT molecular complexity index is 1550. The van der Waals surface area contributed by atoms with Gasteiger partial charge >= 0.3 is 0 Å². The molecule has 0 saturated heterocycles. The average molecular weight is 667 g/mol. The molecule has 0 spiro atoms. The number of ether oxygens (including phenoxy) is 6. The van der Waals surface area contributed by atoms with E-state index < -0.39 is 32.9 Å². The number of hydrogen-bond acceptors (Lipinski definition) is 10. The highest BCUT2D eigenvalue weighted by molar-refractivity contribution is 7.91. The summed E-state index contributed by atoms with van der Waals surface area (Å²) in [5.74, 6) is -0.590. The maximum Gasteiger partial charge on any atom is 0.152 e. The maximum absolute atomic E-state index is 13.9. The molecular weight excluding hydrogens is 624 g/mol. The molecule has 0 amide bonds. The zero-order valence-electron chi connectivity index (χ0n) is 27.4. The molecule has 0 saturated carbocycles. The third-order valence-electron chi connectivity index (χ3n) is 8.26. The van der Waals surface area contributed by atoms with Gasteiger partial charge in [0.2, 0.25) is 0 Å². The molecule has 0 aromatic heterocycles. The van der Waals surface area contributed by atoms with Gasteiger partial charge in [0.1, 0.15) is 45.7 Å². The minimum atomic E-state index is -3.83. The van der Waals surface area contributed by atoms with Crippen molar-refractivity contribution < 1.29 is 47.1 Å². The lowest BCUT2D eigenvalue weighted by Crippen LogP contribution is -2.37. The third-order valence-corrected chi connectivity index (χ3v) is 9.94. The van der Waals surface area contributed by atoms with E-state index in [4.69, 9.17) is 28.4 Å². The zero-order valence-corrected chi connectivity index (χ0v) is 28.2. The Balaban J connectivity index is 1.62. The van der Waals surface area contributed by atoms with Crippen LogP contribution in [0, 0.1) is 11.8 Å². The van der Waals surface area contributed by atoms with Gasteiger partial charge in [-0.25, -0.2) is 8.42 Å². The van der Waals surface area contributed by atoms with E-state index in [2.05, 4.69) is 0 Å². The largest absolute Gasteiger partial charge is 0.507 e. The number of hydrogen-bond donors (Lipinski definition) is 2. The second-order valence-corrected chi connectivity index (χ2v) is 13.2. The molecule has 0 radical (unpaired) electrons. The number of aromatic hydroxyl groups is 2. The molecule has 10 nitrogen and oxygen atoms in total. The summed E-state index contributed by atoms with van der Waals surface area (Å²) in [5, 5.41) is 20.4. The molecule has 0 aliphatic heterocycles. The van der Waals surface area contributed by atoms with E-state index >= 15 is 0 Å². The number of rotatable bonds is 14. The van der Waals surface area contributed by atoms with Crippen LogP contribution >= 0.6 is 0 Å². The van der Waals surface area contributed by atoms with Crippen molar-refractivity contribution in [2.75, 3.05) is 54.2 Å². The van der Waals surface area contributed by atoms with Crippen molar-refractivity contribution in [2.45, 2.75) is 11.2 Å². The van der Waals surface area contributed by atoms with Gasteiger partial charge in [-0.15, -0.1) is 0 Å². The van der Waals surface area contributed by atoms with Crippen molar-refractivity contribution in [1.82, 2.24) is 0 Å². The molecule has 2 aliphatic rings. The molecule has 2 aromatic carbocycles. The monoisotopic (exact) mass is 666 g/mol. The van der Waals surface area contributed by atoms with E-state index in [0.717, 1.165) is 0 Å². The first-order valence-electron chi connectivity index (χ1n) is 14.8. The van der Waals surface area contributed by atoms with Gasteiger partial charge < -0.3 is 38.6 Å². The van der Waals surface area contributed by atoms with Crippen molar-refractivity contribution in [3.8, 4) is 11.5 Å². The molecule has 0 bridgehead atoms. The Morgan fingerprint density at radius 1 is 0.596 bits per heavy atom. The molecule has 47 heavy (non-hydrogen) atoms. The van der Waals surface area contributed by atoms with E-state index in [1.54, 1.807) is 97.1 Å². The van der Waals surface area contributed by atoms with E-state index in [0.29, 0.717) is 34.2 Å². The quantitative estimate of drug-likeness (QED) is 0.271. The van der Waals surface area contributed by atoms with Crippen LogP contribution in [0.4, 0.5) is 0 Å². The summed E-state index contributed by atoms with van der Waals surface area (Å²) in [4.78, 5) is 0. The Morgan fingerprint density at radius 2 is 0.915 bits per heavy atom. The molecule has 0 fully saturated rings. The Morgan fingerprint density at radius 3 is 1.19 bits per heavy atom. The molecule has 0 atom stereocenters. The number of benzene rings is 2. The Hall–Kier alpha value is -4.45. The lowest BCUT2D eigenvalue weighted by Gasteiger charge is -2.34. The fourth-order valence-electron chi connectivity index (χ4n) is 5.63.